The van der Waals surface area contributed by atoms with Crippen molar-refractivity contribution in [1.82, 2.24) is 0 Å². The van der Waals surface area contributed by atoms with Gasteiger partial charge < -0.3 is 0 Å². The first-order chi connectivity index (χ1) is 11.6. The average Bonchev–Trinajstić information content (AvgIpc) is 2.43. The molecule has 1 rings (SSSR count). The zero-order valence-electron chi connectivity index (χ0n) is 11.5. The summed E-state index contributed by atoms with van der Waals surface area (Å²) in [7, 11) is 0. The number of rotatable bonds is 2. The van der Waals surface area contributed by atoms with Gasteiger partial charge in [-0.05, 0) is 0 Å². The highest BCUT2D eigenvalue weighted by atomic mass is 19.4. The topological polar surface area (TPSA) is 0 Å². The van der Waals surface area contributed by atoms with E-state index in [9.17, 15) is 70.2 Å². The molecule has 0 nitrogen and oxygen atoms in total. The van der Waals surface area contributed by atoms with Gasteiger partial charge >= 0.3 is 30.1 Å². The lowest BCUT2D eigenvalue weighted by Gasteiger charge is -2.37. The van der Waals surface area contributed by atoms with Crippen LogP contribution in [0.25, 0.3) is 0 Å². The summed E-state index contributed by atoms with van der Waals surface area (Å²) in [5, 5.41) is 0. The van der Waals surface area contributed by atoms with Crippen LogP contribution in [0.1, 0.15) is 11.1 Å². The zero-order valence-corrected chi connectivity index (χ0v) is 11.5. The van der Waals surface area contributed by atoms with Crippen LogP contribution in [0.4, 0.5) is 70.2 Å². The van der Waals surface area contributed by atoms with E-state index in [0.717, 1.165) is 0 Å². The molecule has 1 aromatic rings. The maximum absolute atomic E-state index is 13.7. The molecule has 0 atom stereocenters. The Labute approximate surface area is 136 Å². The summed E-state index contributed by atoms with van der Waals surface area (Å²) in [6.07, 6.45) is -22.3. The Balaban J connectivity index is 4.21. The van der Waals surface area contributed by atoms with Gasteiger partial charge in [-0.1, -0.05) is 0 Å². The molecule has 0 aliphatic rings. The smallest absolute Gasteiger partial charge is 0.216 e. The van der Waals surface area contributed by atoms with Crippen molar-refractivity contribution in [3.63, 3.8) is 0 Å². The molecule has 0 aromatic heterocycles. The Morgan fingerprint density at radius 2 is 0.704 bits per heavy atom. The van der Waals surface area contributed by atoms with E-state index < -0.39 is 64.5 Å². The maximum Gasteiger partial charge on any atom is 0.438 e. The van der Waals surface area contributed by atoms with Crippen molar-refractivity contribution in [2.45, 2.75) is 30.1 Å². The molecular weight excluding hydrogens is 436 g/mol. The van der Waals surface area contributed by atoms with Gasteiger partial charge in [-0.2, -0.15) is 48.3 Å². The second-order valence-corrected chi connectivity index (χ2v) is 4.73. The third-order valence-electron chi connectivity index (χ3n) is 3.08. The van der Waals surface area contributed by atoms with E-state index in [1.54, 1.807) is 0 Å². The van der Waals surface area contributed by atoms with Crippen molar-refractivity contribution in [2.75, 3.05) is 0 Å². The maximum atomic E-state index is 13.7. The summed E-state index contributed by atoms with van der Waals surface area (Å²) >= 11 is 0. The lowest BCUT2D eigenvalue weighted by Crippen LogP contribution is -2.63. The molecule has 0 heterocycles. The Bertz CT molecular complexity index is 719. The third-order valence-corrected chi connectivity index (χ3v) is 3.08. The highest BCUT2D eigenvalue weighted by Gasteiger charge is 2.85. The van der Waals surface area contributed by atoms with Crippen LogP contribution in [0, 0.1) is 23.3 Å². The highest BCUT2D eigenvalue weighted by molar-refractivity contribution is 5.40. The van der Waals surface area contributed by atoms with Crippen molar-refractivity contribution >= 4 is 0 Å². The van der Waals surface area contributed by atoms with Gasteiger partial charge in [-0.3, -0.25) is 0 Å². The minimum absolute atomic E-state index is 3.48. The first kappa shape index (κ1) is 23.1. The monoisotopic (exact) mass is 436 g/mol. The third kappa shape index (κ3) is 3.15. The van der Waals surface area contributed by atoms with Crippen molar-refractivity contribution < 1.29 is 70.2 Å². The van der Waals surface area contributed by atoms with Crippen LogP contribution in [0.5, 0.6) is 0 Å². The van der Waals surface area contributed by atoms with E-state index in [0.29, 0.717) is 0 Å². The van der Waals surface area contributed by atoms with Gasteiger partial charge in [0.15, 0.2) is 23.3 Å². The zero-order chi connectivity index (χ0) is 22.0. The normalized spacial score (nSPS) is 14.7. The SMILES string of the molecule is Fc1c(F)c(F)c(C(F)(F)C(F)(C(F)(F)F)C(F)(F)F)c(C(F)(F)F)c1F. The van der Waals surface area contributed by atoms with Crippen LogP contribution in [-0.4, -0.2) is 18.0 Å². The number of hydrogen-bond acceptors (Lipinski definition) is 0. The summed E-state index contributed by atoms with van der Waals surface area (Å²) < 4.78 is 205. The molecule has 0 fully saturated rings. The van der Waals surface area contributed by atoms with Crippen molar-refractivity contribution in [3.05, 3.63) is 34.4 Å². The van der Waals surface area contributed by atoms with Crippen LogP contribution < -0.4 is 0 Å². The van der Waals surface area contributed by atoms with Crippen LogP contribution in [-0.2, 0) is 12.1 Å². The van der Waals surface area contributed by atoms with Gasteiger partial charge in [-0.25, -0.2) is 22.0 Å². The molecule has 156 valence electrons. The second kappa shape index (κ2) is 6.05. The minimum atomic E-state index is -7.93. The quantitative estimate of drug-likeness (QED) is 0.295. The predicted molar refractivity (Wildman–Crippen MR) is 51.1 cm³/mol. The van der Waals surface area contributed by atoms with Crippen molar-refractivity contribution in [3.8, 4) is 0 Å². The number of hydrogen-bond donors (Lipinski definition) is 0. The molecule has 0 amide bonds. The number of benzene rings is 1. The molecule has 0 spiro atoms. The van der Waals surface area contributed by atoms with E-state index in [1.165, 1.54) is 0 Å². The van der Waals surface area contributed by atoms with E-state index in [2.05, 4.69) is 0 Å². The first-order valence-corrected chi connectivity index (χ1v) is 5.77. The molecule has 0 aliphatic heterocycles. The fraction of sp³-hybridized carbons (Fsp3) is 0.455. The molecule has 0 N–H and O–H groups in total. The van der Waals surface area contributed by atoms with Crippen LogP contribution in [0.3, 0.4) is 0 Å². The highest BCUT2D eigenvalue weighted by Crippen LogP contribution is 2.60. The molecule has 1 aromatic carbocycles. The van der Waals surface area contributed by atoms with E-state index in [-0.39, 0.29) is 0 Å². The fourth-order valence-electron chi connectivity index (χ4n) is 1.88. The molecule has 0 radical (unpaired) electrons. The Morgan fingerprint density at radius 3 is 0.963 bits per heavy atom. The van der Waals surface area contributed by atoms with E-state index >= 15 is 0 Å². The Kier molecular flexibility index (Phi) is 5.19. The molecule has 0 bridgehead atoms. The second-order valence-electron chi connectivity index (χ2n) is 4.73. The largest absolute Gasteiger partial charge is 0.438 e. The van der Waals surface area contributed by atoms with Gasteiger partial charge in [0.1, 0.15) is 5.56 Å². The minimum Gasteiger partial charge on any atom is -0.216 e. The fourth-order valence-corrected chi connectivity index (χ4v) is 1.88. The van der Waals surface area contributed by atoms with Gasteiger partial charge in [0.25, 0.3) is 0 Å². The standard InChI is InChI=1S/C11F16/c12-3-1(2(8(18,19)20)4(13)6(15)5(3)14)7(16,17)9(21,10(22,23)24)11(25,26)27. The summed E-state index contributed by atoms with van der Waals surface area (Å²) in [4.78, 5) is 0. The molecule has 0 aliphatic carbocycles. The van der Waals surface area contributed by atoms with E-state index in [1.807, 2.05) is 0 Å². The number of halogens is 16. The first-order valence-electron chi connectivity index (χ1n) is 5.77. The summed E-state index contributed by atoms with van der Waals surface area (Å²) in [5.74, 6) is -22.5. The van der Waals surface area contributed by atoms with Crippen molar-refractivity contribution in [1.29, 1.82) is 0 Å². The van der Waals surface area contributed by atoms with Gasteiger partial charge in [0, 0.05) is 0 Å². The molecule has 27 heavy (non-hydrogen) atoms. The van der Waals surface area contributed by atoms with Gasteiger partial charge in [0.05, 0.1) is 5.56 Å². The van der Waals surface area contributed by atoms with Crippen molar-refractivity contribution in [2.24, 2.45) is 0 Å². The molecule has 0 unspecified atom stereocenters. The Morgan fingerprint density at radius 1 is 0.407 bits per heavy atom. The lowest BCUT2D eigenvalue weighted by atomic mass is 9.86. The van der Waals surface area contributed by atoms with Crippen LogP contribution in [0.15, 0.2) is 0 Å². The lowest BCUT2D eigenvalue weighted by molar-refractivity contribution is -0.401. The van der Waals surface area contributed by atoms with Crippen LogP contribution in [0.2, 0.25) is 0 Å². The van der Waals surface area contributed by atoms with Gasteiger partial charge in [0.2, 0.25) is 0 Å². The van der Waals surface area contributed by atoms with Gasteiger partial charge in [-0.15, -0.1) is 0 Å². The predicted octanol–water partition coefficient (Wildman–Crippen LogP) is 6.19. The molecule has 0 saturated heterocycles. The van der Waals surface area contributed by atoms with E-state index in [4.69, 9.17) is 0 Å². The average molecular weight is 436 g/mol. The summed E-state index contributed by atoms with van der Waals surface area (Å²) in [5.41, 5.74) is -16.4. The molecular formula is C11F16. The number of alkyl halides is 12. The summed E-state index contributed by atoms with van der Waals surface area (Å²) in [6, 6.07) is 0. The molecule has 0 saturated carbocycles. The molecule has 16 heteroatoms. The summed E-state index contributed by atoms with van der Waals surface area (Å²) in [6.45, 7) is 0. The van der Waals surface area contributed by atoms with Crippen LogP contribution >= 0.6 is 0 Å². The Hall–Kier alpha value is -1.90.